The van der Waals surface area contributed by atoms with Crippen LogP contribution >= 0.6 is 0 Å². The van der Waals surface area contributed by atoms with Gasteiger partial charge in [-0.1, -0.05) is 54.6 Å². The summed E-state index contributed by atoms with van der Waals surface area (Å²) < 4.78 is 43.1. The fourth-order valence-corrected chi connectivity index (χ4v) is 5.18. The molecule has 6 rings (SSSR count). The third-order valence-corrected chi connectivity index (χ3v) is 7.50. The molecule has 0 saturated heterocycles. The van der Waals surface area contributed by atoms with Crippen molar-refractivity contribution in [3.8, 4) is 22.3 Å². The van der Waals surface area contributed by atoms with Gasteiger partial charge < -0.3 is 15.0 Å². The number of hydrogen-bond acceptors (Lipinski definition) is 2. The molecule has 1 amide bonds. The zero-order chi connectivity index (χ0) is 30.8. The second kappa shape index (κ2) is 11.9. The van der Waals surface area contributed by atoms with Gasteiger partial charge in [-0.2, -0.15) is 0 Å². The number of aromatic nitrogens is 1. The lowest BCUT2D eigenvalue weighted by atomic mass is 9.99. The summed E-state index contributed by atoms with van der Waals surface area (Å²) in [5.74, 6) is -3.66. The van der Waals surface area contributed by atoms with Crippen LogP contribution in [0, 0.1) is 17.5 Å². The van der Waals surface area contributed by atoms with Gasteiger partial charge in [0.2, 0.25) is 0 Å². The second-order valence-electron chi connectivity index (χ2n) is 10.4. The maximum atomic E-state index is 14.1. The number of amides is 1. The summed E-state index contributed by atoms with van der Waals surface area (Å²) in [4.78, 5) is 24.8. The Morgan fingerprint density at radius 1 is 0.659 bits per heavy atom. The van der Waals surface area contributed by atoms with E-state index in [0.717, 1.165) is 34.2 Å². The van der Waals surface area contributed by atoms with E-state index in [4.69, 9.17) is 5.11 Å². The molecule has 218 valence electrons. The Morgan fingerprint density at radius 3 is 1.95 bits per heavy atom. The molecule has 0 bridgehead atoms. The van der Waals surface area contributed by atoms with Crippen molar-refractivity contribution in [2.24, 2.45) is 0 Å². The van der Waals surface area contributed by atoms with Crippen LogP contribution in [0.2, 0.25) is 0 Å². The maximum Gasteiger partial charge on any atom is 0.335 e. The zero-order valence-electron chi connectivity index (χ0n) is 23.2. The molecular formula is C36H25F3N2O3. The molecule has 2 N–H and O–H groups in total. The fraction of sp³-hybridized carbons (Fsp3) is 0.0556. The van der Waals surface area contributed by atoms with Crippen LogP contribution in [-0.4, -0.2) is 21.6 Å². The number of fused-ring (bicyclic) bond motifs is 1. The average Bonchev–Trinajstić information content (AvgIpc) is 3.44. The van der Waals surface area contributed by atoms with E-state index in [9.17, 15) is 22.8 Å². The summed E-state index contributed by atoms with van der Waals surface area (Å²) in [5.41, 5.74) is 5.65. The lowest BCUT2D eigenvalue weighted by molar-refractivity contribution is 0.0696. The first-order valence-electron chi connectivity index (χ1n) is 13.8. The van der Waals surface area contributed by atoms with Crippen molar-refractivity contribution in [3.63, 3.8) is 0 Å². The molecule has 0 aliphatic rings. The number of rotatable bonds is 8. The van der Waals surface area contributed by atoms with Crippen molar-refractivity contribution in [3.05, 3.63) is 155 Å². The van der Waals surface area contributed by atoms with Crippen molar-refractivity contribution in [2.75, 3.05) is 0 Å². The van der Waals surface area contributed by atoms with E-state index >= 15 is 0 Å². The highest BCUT2D eigenvalue weighted by atomic mass is 19.2. The van der Waals surface area contributed by atoms with Gasteiger partial charge in [-0.3, -0.25) is 4.79 Å². The smallest absolute Gasteiger partial charge is 0.335 e. The Kier molecular flexibility index (Phi) is 7.72. The number of carbonyl (C=O) groups excluding carboxylic acids is 1. The molecule has 5 aromatic carbocycles. The van der Waals surface area contributed by atoms with Crippen molar-refractivity contribution < 1.29 is 27.9 Å². The number of hydrogen-bond donors (Lipinski definition) is 2. The Labute approximate surface area is 250 Å². The summed E-state index contributed by atoms with van der Waals surface area (Å²) in [5, 5.41) is 12.8. The largest absolute Gasteiger partial charge is 0.478 e. The SMILES string of the molecule is O=C(O)c1ccc(CNC(=O)c2cc(-c3ccc(F)c(F)c3)cc3ccn(Cc4ccc(-c5ccc(F)cc5)cc4)c23)cc1. The summed E-state index contributed by atoms with van der Waals surface area (Å²) in [7, 11) is 0. The average molecular weight is 591 g/mol. The molecule has 1 heterocycles. The van der Waals surface area contributed by atoms with E-state index in [1.165, 1.54) is 30.3 Å². The van der Waals surface area contributed by atoms with E-state index in [2.05, 4.69) is 5.32 Å². The van der Waals surface area contributed by atoms with Gasteiger partial charge in [-0.25, -0.2) is 18.0 Å². The molecule has 0 aliphatic carbocycles. The van der Waals surface area contributed by atoms with Gasteiger partial charge >= 0.3 is 5.97 Å². The van der Waals surface area contributed by atoms with Gasteiger partial charge in [0, 0.05) is 24.7 Å². The molecule has 5 nitrogen and oxygen atoms in total. The Balaban J connectivity index is 1.33. The van der Waals surface area contributed by atoms with Crippen LogP contribution in [0.4, 0.5) is 13.2 Å². The van der Waals surface area contributed by atoms with Gasteiger partial charge in [-0.15, -0.1) is 0 Å². The van der Waals surface area contributed by atoms with Crippen LogP contribution in [0.5, 0.6) is 0 Å². The number of nitrogens with zero attached hydrogens (tertiary/aromatic N) is 1. The van der Waals surface area contributed by atoms with Crippen molar-refractivity contribution in [1.29, 1.82) is 0 Å². The predicted molar refractivity (Wildman–Crippen MR) is 163 cm³/mol. The first-order valence-corrected chi connectivity index (χ1v) is 13.8. The second-order valence-corrected chi connectivity index (χ2v) is 10.4. The third kappa shape index (κ3) is 5.96. The molecule has 44 heavy (non-hydrogen) atoms. The van der Waals surface area contributed by atoms with Crippen LogP contribution in [0.25, 0.3) is 33.2 Å². The third-order valence-electron chi connectivity index (χ3n) is 7.50. The molecular weight excluding hydrogens is 565 g/mol. The van der Waals surface area contributed by atoms with Gasteiger partial charge in [0.05, 0.1) is 16.6 Å². The van der Waals surface area contributed by atoms with E-state index in [-0.39, 0.29) is 23.8 Å². The topological polar surface area (TPSA) is 71.3 Å². The molecule has 0 radical (unpaired) electrons. The van der Waals surface area contributed by atoms with Crippen LogP contribution in [-0.2, 0) is 13.1 Å². The number of carbonyl (C=O) groups is 2. The maximum absolute atomic E-state index is 14.1. The van der Waals surface area contributed by atoms with Crippen molar-refractivity contribution in [1.82, 2.24) is 9.88 Å². The molecule has 0 saturated carbocycles. The van der Waals surface area contributed by atoms with E-state index in [0.29, 0.717) is 34.3 Å². The number of carboxylic acid groups (broad SMARTS) is 1. The molecule has 0 atom stereocenters. The molecule has 6 aromatic rings. The first-order chi connectivity index (χ1) is 21.2. The van der Waals surface area contributed by atoms with E-state index < -0.39 is 17.6 Å². The number of halogens is 3. The normalized spacial score (nSPS) is 11.1. The number of nitrogens with one attached hydrogen (secondary N) is 1. The minimum Gasteiger partial charge on any atom is -0.478 e. The highest BCUT2D eigenvalue weighted by Gasteiger charge is 2.18. The van der Waals surface area contributed by atoms with Gasteiger partial charge in [0.25, 0.3) is 5.91 Å². The Morgan fingerprint density at radius 2 is 1.30 bits per heavy atom. The van der Waals surface area contributed by atoms with Crippen molar-refractivity contribution in [2.45, 2.75) is 13.1 Å². The minimum absolute atomic E-state index is 0.143. The summed E-state index contributed by atoms with van der Waals surface area (Å²) in [6, 6.07) is 29.3. The lowest BCUT2D eigenvalue weighted by Crippen LogP contribution is -2.23. The molecule has 8 heteroatoms. The first kappa shape index (κ1) is 28.5. The highest BCUT2D eigenvalue weighted by molar-refractivity contribution is 6.08. The molecule has 0 spiro atoms. The summed E-state index contributed by atoms with van der Waals surface area (Å²) >= 11 is 0. The lowest BCUT2D eigenvalue weighted by Gasteiger charge is -2.14. The van der Waals surface area contributed by atoms with Crippen LogP contribution in [0.1, 0.15) is 31.8 Å². The van der Waals surface area contributed by atoms with Gasteiger partial charge in [0.15, 0.2) is 11.6 Å². The molecule has 0 fully saturated rings. The predicted octanol–water partition coefficient (Wildman–Crippen LogP) is 8.07. The summed E-state index contributed by atoms with van der Waals surface area (Å²) in [6.45, 7) is 0.607. The minimum atomic E-state index is -1.04. The van der Waals surface area contributed by atoms with E-state index in [1.54, 1.807) is 30.3 Å². The van der Waals surface area contributed by atoms with Crippen LogP contribution in [0.15, 0.2) is 115 Å². The monoisotopic (exact) mass is 590 g/mol. The summed E-state index contributed by atoms with van der Waals surface area (Å²) in [6.07, 6.45) is 1.87. The van der Waals surface area contributed by atoms with Crippen LogP contribution < -0.4 is 5.32 Å². The number of carboxylic acids is 1. The van der Waals surface area contributed by atoms with Crippen LogP contribution in [0.3, 0.4) is 0 Å². The zero-order valence-corrected chi connectivity index (χ0v) is 23.2. The molecule has 0 unspecified atom stereocenters. The van der Waals surface area contributed by atoms with Gasteiger partial charge in [-0.05, 0) is 88.0 Å². The number of aromatic carboxylic acids is 1. The fourth-order valence-electron chi connectivity index (χ4n) is 5.18. The van der Waals surface area contributed by atoms with Gasteiger partial charge in [0.1, 0.15) is 5.82 Å². The highest BCUT2D eigenvalue weighted by Crippen LogP contribution is 2.31. The molecule has 0 aliphatic heterocycles. The molecule has 1 aromatic heterocycles. The number of benzene rings is 5. The van der Waals surface area contributed by atoms with Crippen molar-refractivity contribution >= 4 is 22.8 Å². The standard InChI is InChI=1S/C36H25F3N2O3/c37-30-12-9-25(10-13-30)24-5-3-23(4-6-24)21-41-16-15-28-17-29(27-11-14-32(38)33(39)19-27)18-31(34(28)41)35(42)40-20-22-1-7-26(8-2-22)36(43)44/h1-19H,20-21H2,(H,40,42)(H,43,44). The van der Waals surface area contributed by atoms with E-state index in [1.807, 2.05) is 47.2 Å². The quantitative estimate of drug-likeness (QED) is 0.188. The Hall–Kier alpha value is -5.63. The Bertz CT molecular complexity index is 2000.